The number of nitrogens with zero attached hydrogens (tertiary/aromatic N) is 4. The van der Waals surface area contributed by atoms with Crippen LogP contribution >= 0.6 is 0 Å². The summed E-state index contributed by atoms with van der Waals surface area (Å²) in [6.45, 7) is 10.7. The minimum absolute atomic E-state index is 0.0271. The third-order valence-electron chi connectivity index (χ3n) is 5.21. The van der Waals surface area contributed by atoms with Gasteiger partial charge >= 0.3 is 0 Å². The van der Waals surface area contributed by atoms with Gasteiger partial charge in [0, 0.05) is 67.4 Å². The molecule has 0 aliphatic carbocycles. The van der Waals surface area contributed by atoms with Gasteiger partial charge in [-0.3, -0.25) is 14.3 Å². The predicted molar refractivity (Wildman–Crippen MR) is 107 cm³/mol. The molecule has 0 bridgehead atoms. The first-order valence-corrected chi connectivity index (χ1v) is 9.50. The number of hydrogen-bond donors (Lipinski definition) is 0. The van der Waals surface area contributed by atoms with Crippen molar-refractivity contribution in [1.29, 1.82) is 0 Å². The fourth-order valence-corrected chi connectivity index (χ4v) is 3.75. The normalized spacial score (nSPS) is 15.1. The van der Waals surface area contributed by atoms with E-state index in [1.165, 1.54) is 16.8 Å². The molecule has 0 saturated heterocycles. The highest BCUT2D eigenvalue weighted by Crippen LogP contribution is 2.26. The second kappa shape index (κ2) is 6.57. The van der Waals surface area contributed by atoms with Crippen LogP contribution in [0.3, 0.4) is 0 Å². The van der Waals surface area contributed by atoms with Crippen molar-refractivity contribution >= 4 is 16.8 Å². The first-order valence-electron chi connectivity index (χ1n) is 9.50. The van der Waals surface area contributed by atoms with Crippen LogP contribution in [0, 0.1) is 0 Å². The van der Waals surface area contributed by atoms with E-state index in [9.17, 15) is 4.79 Å². The first-order chi connectivity index (χ1) is 12.8. The van der Waals surface area contributed by atoms with Crippen LogP contribution in [0.25, 0.3) is 10.9 Å². The minimum atomic E-state index is -0.0271. The van der Waals surface area contributed by atoms with Gasteiger partial charge < -0.3 is 0 Å². The van der Waals surface area contributed by atoms with E-state index in [0.29, 0.717) is 0 Å². The molecule has 0 fully saturated rings. The Morgan fingerprint density at radius 3 is 2.74 bits per heavy atom. The zero-order valence-electron chi connectivity index (χ0n) is 16.5. The zero-order chi connectivity index (χ0) is 19.2. The largest absolute Gasteiger partial charge is 0.294 e. The van der Waals surface area contributed by atoms with Crippen LogP contribution in [0.1, 0.15) is 55.1 Å². The molecule has 0 atom stereocenters. The van der Waals surface area contributed by atoms with Crippen LogP contribution < -0.4 is 0 Å². The number of carbonyl (C=O) groups is 1. The Balaban J connectivity index is 1.59. The maximum Gasteiger partial charge on any atom is 0.227 e. The molecule has 4 rings (SSSR count). The summed E-state index contributed by atoms with van der Waals surface area (Å²) in [5.74, 6) is 0.962. The van der Waals surface area contributed by atoms with Crippen LogP contribution in [0.4, 0.5) is 0 Å². The second-order valence-corrected chi connectivity index (χ2v) is 8.44. The molecule has 0 amide bonds. The molecule has 5 nitrogen and oxygen atoms in total. The fraction of sp³-hybridized carbons (Fsp3) is 0.409. The SMILES string of the molecule is CC(=O)n1cc(CN2CCc3nc(C(C)(C)C)ncc3C2)c2ccccc21. The van der Waals surface area contributed by atoms with E-state index in [2.05, 4.69) is 36.7 Å². The van der Waals surface area contributed by atoms with Gasteiger partial charge in [-0.05, 0) is 11.6 Å². The van der Waals surface area contributed by atoms with E-state index in [-0.39, 0.29) is 11.3 Å². The topological polar surface area (TPSA) is 51.0 Å². The smallest absolute Gasteiger partial charge is 0.227 e. The van der Waals surface area contributed by atoms with Crippen molar-refractivity contribution in [3.8, 4) is 0 Å². The van der Waals surface area contributed by atoms with Crippen molar-refractivity contribution in [2.24, 2.45) is 0 Å². The highest BCUT2D eigenvalue weighted by Gasteiger charge is 2.23. The van der Waals surface area contributed by atoms with Crippen LogP contribution in [-0.2, 0) is 24.9 Å². The summed E-state index contributed by atoms with van der Waals surface area (Å²) in [5.41, 5.74) is 4.54. The second-order valence-electron chi connectivity index (χ2n) is 8.44. The first kappa shape index (κ1) is 17.9. The quantitative estimate of drug-likeness (QED) is 0.693. The molecular weight excluding hydrogens is 336 g/mol. The van der Waals surface area contributed by atoms with Gasteiger partial charge in [0.05, 0.1) is 5.52 Å². The molecule has 2 aromatic heterocycles. The van der Waals surface area contributed by atoms with Crippen molar-refractivity contribution in [3.05, 3.63) is 59.3 Å². The number of fused-ring (bicyclic) bond motifs is 2. The molecule has 5 heteroatoms. The highest BCUT2D eigenvalue weighted by atomic mass is 16.1. The molecule has 0 spiro atoms. The predicted octanol–water partition coefficient (Wildman–Crippen LogP) is 3.95. The molecule has 3 aromatic rings. The highest BCUT2D eigenvalue weighted by molar-refractivity contribution is 5.93. The zero-order valence-corrected chi connectivity index (χ0v) is 16.5. The molecule has 0 N–H and O–H groups in total. The van der Waals surface area contributed by atoms with Crippen LogP contribution in [0.2, 0.25) is 0 Å². The van der Waals surface area contributed by atoms with Gasteiger partial charge in [-0.15, -0.1) is 0 Å². The standard InChI is InChI=1S/C22H26N4O/c1-15(27)26-14-17(18-7-5-6-8-20(18)26)13-25-10-9-19-16(12-25)11-23-21(24-19)22(2,3)4/h5-8,11,14H,9-10,12-13H2,1-4H3. The van der Waals surface area contributed by atoms with Crippen molar-refractivity contribution < 1.29 is 4.79 Å². The van der Waals surface area contributed by atoms with Gasteiger partial charge in [-0.25, -0.2) is 9.97 Å². The summed E-state index contributed by atoms with van der Waals surface area (Å²) < 4.78 is 1.75. The molecule has 140 valence electrons. The maximum atomic E-state index is 12.0. The Morgan fingerprint density at radius 1 is 1.22 bits per heavy atom. The molecule has 1 aliphatic rings. The lowest BCUT2D eigenvalue weighted by Gasteiger charge is -2.29. The van der Waals surface area contributed by atoms with E-state index in [1.54, 1.807) is 11.5 Å². The van der Waals surface area contributed by atoms with E-state index >= 15 is 0 Å². The van der Waals surface area contributed by atoms with Gasteiger partial charge in [-0.1, -0.05) is 39.0 Å². The lowest BCUT2D eigenvalue weighted by Crippen LogP contribution is -2.31. The van der Waals surface area contributed by atoms with Gasteiger partial charge in [0.25, 0.3) is 0 Å². The fourth-order valence-electron chi connectivity index (χ4n) is 3.75. The molecule has 1 aliphatic heterocycles. The summed E-state index contributed by atoms with van der Waals surface area (Å²) in [5, 5.41) is 1.15. The van der Waals surface area contributed by atoms with Gasteiger partial charge in [-0.2, -0.15) is 0 Å². The number of carbonyl (C=O) groups excluding carboxylic acids is 1. The molecule has 3 heterocycles. The molecular formula is C22H26N4O. The Labute approximate surface area is 160 Å². The summed E-state index contributed by atoms with van der Waals surface area (Å²) in [6, 6.07) is 8.12. The van der Waals surface area contributed by atoms with Crippen molar-refractivity contribution in [3.63, 3.8) is 0 Å². The lowest BCUT2D eigenvalue weighted by molar-refractivity contribution is 0.0941. The third-order valence-corrected chi connectivity index (χ3v) is 5.21. The monoisotopic (exact) mass is 362 g/mol. The van der Waals surface area contributed by atoms with Crippen molar-refractivity contribution in [1.82, 2.24) is 19.4 Å². The number of benzene rings is 1. The molecule has 0 radical (unpaired) electrons. The molecule has 0 unspecified atom stereocenters. The van der Waals surface area contributed by atoms with E-state index in [4.69, 9.17) is 4.98 Å². The maximum absolute atomic E-state index is 12.0. The molecule has 1 aromatic carbocycles. The summed E-state index contributed by atoms with van der Waals surface area (Å²) >= 11 is 0. The average molecular weight is 362 g/mol. The Bertz CT molecular complexity index is 1010. The van der Waals surface area contributed by atoms with E-state index in [1.807, 2.05) is 30.6 Å². The molecule has 0 saturated carbocycles. The van der Waals surface area contributed by atoms with Crippen molar-refractivity contribution in [2.75, 3.05) is 6.54 Å². The Kier molecular flexibility index (Phi) is 4.35. The Hall–Kier alpha value is -2.53. The minimum Gasteiger partial charge on any atom is -0.294 e. The van der Waals surface area contributed by atoms with Crippen LogP contribution in [0.15, 0.2) is 36.7 Å². The Morgan fingerprint density at radius 2 is 2.00 bits per heavy atom. The van der Waals surface area contributed by atoms with Crippen LogP contribution in [0.5, 0.6) is 0 Å². The van der Waals surface area contributed by atoms with Gasteiger partial charge in [0.15, 0.2) is 0 Å². The van der Waals surface area contributed by atoms with E-state index in [0.717, 1.165) is 42.8 Å². The molecule has 27 heavy (non-hydrogen) atoms. The van der Waals surface area contributed by atoms with Crippen molar-refractivity contribution in [2.45, 2.75) is 52.6 Å². The van der Waals surface area contributed by atoms with Gasteiger partial charge in [0.2, 0.25) is 5.91 Å². The number of rotatable bonds is 2. The van der Waals surface area contributed by atoms with Gasteiger partial charge in [0.1, 0.15) is 5.82 Å². The summed E-state index contributed by atoms with van der Waals surface area (Å²) in [7, 11) is 0. The lowest BCUT2D eigenvalue weighted by atomic mass is 9.95. The average Bonchev–Trinajstić information content (AvgIpc) is 2.99. The summed E-state index contributed by atoms with van der Waals surface area (Å²) in [6.07, 6.45) is 4.92. The van der Waals surface area contributed by atoms with E-state index < -0.39 is 0 Å². The summed E-state index contributed by atoms with van der Waals surface area (Å²) in [4.78, 5) is 23.8. The number of aromatic nitrogens is 3. The number of para-hydroxylation sites is 1. The third kappa shape index (κ3) is 3.39. The number of hydrogen-bond acceptors (Lipinski definition) is 4. The van der Waals surface area contributed by atoms with Crippen LogP contribution in [-0.4, -0.2) is 31.9 Å².